The molecular weight excluding hydrogens is 318 g/mol. The molecule has 7 heteroatoms. The van der Waals surface area contributed by atoms with Crippen molar-refractivity contribution < 1.29 is 14.0 Å². The van der Waals surface area contributed by atoms with Crippen molar-refractivity contribution in [2.45, 2.75) is 0 Å². The van der Waals surface area contributed by atoms with E-state index >= 15 is 0 Å². The van der Waals surface area contributed by atoms with Gasteiger partial charge in [0.05, 0.1) is 0 Å². The van der Waals surface area contributed by atoms with E-state index in [-0.39, 0.29) is 0 Å². The molecule has 0 fully saturated rings. The molecular formula is C14H9Cl2FN2O2. The van der Waals surface area contributed by atoms with E-state index < -0.39 is 17.6 Å². The molecule has 2 aromatic rings. The van der Waals surface area contributed by atoms with E-state index in [1.54, 1.807) is 0 Å². The highest BCUT2D eigenvalue weighted by molar-refractivity contribution is 6.44. The van der Waals surface area contributed by atoms with Crippen LogP contribution in [0, 0.1) is 5.82 Å². The highest BCUT2D eigenvalue weighted by Gasteiger charge is 2.14. The average molecular weight is 327 g/mol. The minimum absolute atomic E-state index is 0.298. The summed E-state index contributed by atoms with van der Waals surface area (Å²) in [5.74, 6) is -2.22. The molecule has 2 amide bonds. The second-order valence-electron chi connectivity index (χ2n) is 4.07. The van der Waals surface area contributed by atoms with Crippen LogP contribution in [0.25, 0.3) is 0 Å². The predicted molar refractivity (Wildman–Crippen MR) is 80.1 cm³/mol. The second-order valence-corrected chi connectivity index (χ2v) is 4.95. The number of halogens is 3. The molecule has 2 rings (SSSR count). The minimum atomic E-state index is -0.891. The Kier molecular flexibility index (Phi) is 4.77. The largest absolute Gasteiger partial charge is 0.318 e. The molecule has 4 nitrogen and oxygen atoms in total. The van der Waals surface area contributed by atoms with Crippen LogP contribution >= 0.6 is 23.2 Å². The Morgan fingerprint density at radius 1 is 0.810 bits per heavy atom. The Morgan fingerprint density at radius 2 is 1.29 bits per heavy atom. The third-order valence-corrected chi connectivity index (χ3v) is 2.87. The molecule has 0 aromatic heterocycles. The quantitative estimate of drug-likeness (QED) is 0.826. The van der Waals surface area contributed by atoms with Crippen LogP contribution in [0.15, 0.2) is 42.5 Å². The first-order valence-corrected chi connectivity index (χ1v) is 6.53. The van der Waals surface area contributed by atoms with Crippen molar-refractivity contribution in [1.29, 1.82) is 0 Å². The summed E-state index contributed by atoms with van der Waals surface area (Å²) < 4.78 is 12.7. The Balaban J connectivity index is 2.02. The van der Waals surface area contributed by atoms with Gasteiger partial charge in [-0.25, -0.2) is 4.39 Å². The topological polar surface area (TPSA) is 58.2 Å². The summed E-state index contributed by atoms with van der Waals surface area (Å²) in [6.07, 6.45) is 0. The monoisotopic (exact) mass is 326 g/mol. The zero-order valence-electron chi connectivity index (χ0n) is 10.5. The third-order valence-electron chi connectivity index (χ3n) is 2.43. The van der Waals surface area contributed by atoms with E-state index in [0.717, 1.165) is 0 Å². The number of hydrogen-bond acceptors (Lipinski definition) is 2. The fraction of sp³-hybridized carbons (Fsp3) is 0. The van der Waals surface area contributed by atoms with Crippen molar-refractivity contribution in [3.05, 3.63) is 58.3 Å². The Labute approximate surface area is 129 Å². The van der Waals surface area contributed by atoms with E-state index in [0.29, 0.717) is 21.4 Å². The summed E-state index contributed by atoms with van der Waals surface area (Å²) in [4.78, 5) is 23.4. The van der Waals surface area contributed by atoms with Crippen molar-refractivity contribution in [2.24, 2.45) is 0 Å². The molecule has 21 heavy (non-hydrogen) atoms. The van der Waals surface area contributed by atoms with Crippen LogP contribution in [0.5, 0.6) is 0 Å². The molecule has 2 aromatic carbocycles. The summed E-state index contributed by atoms with van der Waals surface area (Å²) in [6.45, 7) is 0. The number of hydrogen-bond donors (Lipinski definition) is 2. The first-order valence-electron chi connectivity index (χ1n) is 5.78. The number of benzene rings is 2. The number of anilines is 2. The summed E-state index contributed by atoms with van der Waals surface area (Å²) in [6, 6.07) is 9.44. The van der Waals surface area contributed by atoms with Gasteiger partial charge in [0.15, 0.2) is 0 Å². The van der Waals surface area contributed by atoms with Gasteiger partial charge in [0, 0.05) is 21.4 Å². The normalized spacial score (nSPS) is 10.0. The molecule has 0 aliphatic heterocycles. The summed E-state index contributed by atoms with van der Waals surface area (Å²) in [7, 11) is 0. The molecule has 0 saturated carbocycles. The maximum absolute atomic E-state index is 12.7. The van der Waals surface area contributed by atoms with Gasteiger partial charge in [-0.3, -0.25) is 9.59 Å². The van der Waals surface area contributed by atoms with E-state index in [4.69, 9.17) is 23.2 Å². The van der Waals surface area contributed by atoms with Crippen LogP contribution in [-0.2, 0) is 9.59 Å². The van der Waals surface area contributed by atoms with E-state index in [1.807, 2.05) is 0 Å². The summed E-state index contributed by atoms with van der Waals surface area (Å²) >= 11 is 11.6. The van der Waals surface area contributed by atoms with Crippen molar-refractivity contribution in [1.82, 2.24) is 0 Å². The fourth-order valence-electron chi connectivity index (χ4n) is 1.53. The molecule has 0 radical (unpaired) electrons. The predicted octanol–water partition coefficient (Wildman–Crippen LogP) is 3.71. The van der Waals surface area contributed by atoms with E-state index in [1.165, 1.54) is 42.5 Å². The lowest BCUT2D eigenvalue weighted by molar-refractivity contribution is -0.132. The van der Waals surface area contributed by atoms with Crippen molar-refractivity contribution in [3.8, 4) is 0 Å². The van der Waals surface area contributed by atoms with Crippen molar-refractivity contribution >= 4 is 46.4 Å². The van der Waals surface area contributed by atoms with Crippen LogP contribution < -0.4 is 10.6 Å². The van der Waals surface area contributed by atoms with Crippen LogP contribution in [0.4, 0.5) is 15.8 Å². The van der Waals surface area contributed by atoms with Gasteiger partial charge in [-0.15, -0.1) is 0 Å². The molecule has 0 saturated heterocycles. The van der Waals surface area contributed by atoms with E-state index in [2.05, 4.69) is 10.6 Å². The Hall–Kier alpha value is -2.11. The maximum Gasteiger partial charge on any atom is 0.314 e. The van der Waals surface area contributed by atoms with Gasteiger partial charge in [-0.1, -0.05) is 23.2 Å². The zero-order valence-corrected chi connectivity index (χ0v) is 12.0. The van der Waals surface area contributed by atoms with Gasteiger partial charge < -0.3 is 10.6 Å². The Bertz CT molecular complexity index is 670. The van der Waals surface area contributed by atoms with Gasteiger partial charge in [0.2, 0.25) is 0 Å². The molecule has 0 unspecified atom stereocenters. The fourth-order valence-corrected chi connectivity index (χ4v) is 2.06. The number of nitrogens with one attached hydrogen (secondary N) is 2. The molecule has 0 spiro atoms. The summed E-state index contributed by atoms with van der Waals surface area (Å²) in [5.41, 5.74) is 0.604. The van der Waals surface area contributed by atoms with Gasteiger partial charge in [-0.2, -0.15) is 0 Å². The minimum Gasteiger partial charge on any atom is -0.318 e. The van der Waals surface area contributed by atoms with Crippen molar-refractivity contribution in [2.75, 3.05) is 10.6 Å². The number of rotatable bonds is 2. The maximum atomic E-state index is 12.7. The average Bonchev–Trinajstić information content (AvgIpc) is 2.40. The molecule has 2 N–H and O–H groups in total. The number of carbonyl (C=O) groups excluding carboxylic acids is 2. The zero-order chi connectivity index (χ0) is 15.4. The van der Waals surface area contributed by atoms with Gasteiger partial charge >= 0.3 is 11.8 Å². The van der Waals surface area contributed by atoms with Gasteiger partial charge in [0.1, 0.15) is 5.82 Å². The first kappa shape index (κ1) is 15.3. The van der Waals surface area contributed by atoms with Crippen LogP contribution in [0.1, 0.15) is 0 Å². The number of carbonyl (C=O) groups is 2. The summed E-state index contributed by atoms with van der Waals surface area (Å²) in [5, 5.41) is 5.36. The van der Waals surface area contributed by atoms with Crippen LogP contribution in [0.2, 0.25) is 10.0 Å². The van der Waals surface area contributed by atoms with Gasteiger partial charge in [0.25, 0.3) is 0 Å². The molecule has 0 aliphatic carbocycles. The SMILES string of the molecule is O=C(Nc1ccc(F)cc1)C(=O)Nc1cc(Cl)cc(Cl)c1. The van der Waals surface area contributed by atoms with Gasteiger partial charge in [-0.05, 0) is 42.5 Å². The molecule has 0 heterocycles. The van der Waals surface area contributed by atoms with Crippen LogP contribution in [-0.4, -0.2) is 11.8 Å². The smallest absolute Gasteiger partial charge is 0.314 e. The lowest BCUT2D eigenvalue weighted by atomic mass is 10.3. The highest BCUT2D eigenvalue weighted by atomic mass is 35.5. The molecule has 0 bridgehead atoms. The third kappa shape index (κ3) is 4.44. The highest BCUT2D eigenvalue weighted by Crippen LogP contribution is 2.22. The van der Waals surface area contributed by atoms with Crippen LogP contribution in [0.3, 0.4) is 0 Å². The molecule has 108 valence electrons. The van der Waals surface area contributed by atoms with Crippen molar-refractivity contribution in [3.63, 3.8) is 0 Å². The number of amides is 2. The molecule has 0 aliphatic rings. The Morgan fingerprint density at radius 3 is 1.81 bits per heavy atom. The lowest BCUT2D eigenvalue weighted by Crippen LogP contribution is -2.29. The second kappa shape index (κ2) is 6.56. The van der Waals surface area contributed by atoms with E-state index in [9.17, 15) is 14.0 Å². The first-order chi connectivity index (χ1) is 9.94. The molecule has 0 atom stereocenters. The standard InChI is InChI=1S/C14H9Cl2FN2O2/c15-8-5-9(16)7-12(6-8)19-14(21)13(20)18-11-3-1-10(17)2-4-11/h1-7H,(H,18,20)(H,19,21). The lowest BCUT2D eigenvalue weighted by Gasteiger charge is -2.07.